The van der Waals surface area contributed by atoms with Crippen molar-refractivity contribution < 1.29 is 14.0 Å². The van der Waals surface area contributed by atoms with E-state index in [1.807, 2.05) is 91.0 Å². The van der Waals surface area contributed by atoms with E-state index in [1.54, 1.807) is 0 Å². The van der Waals surface area contributed by atoms with Gasteiger partial charge in [-0.2, -0.15) is 0 Å². The number of carboxylic acids is 1. The van der Waals surface area contributed by atoms with E-state index in [-0.39, 0.29) is 5.92 Å². The summed E-state index contributed by atoms with van der Waals surface area (Å²) in [6, 6.07) is 30.4. The monoisotopic (exact) mass is 432 g/mol. The third kappa shape index (κ3) is 5.66. The van der Waals surface area contributed by atoms with Gasteiger partial charge in [0.05, 0.1) is 5.57 Å². The number of carbonyl (C=O) groups is 1. The summed E-state index contributed by atoms with van der Waals surface area (Å²) < 4.78 is 6.07. The van der Waals surface area contributed by atoms with Gasteiger partial charge in [-0.1, -0.05) is 91.0 Å². The van der Waals surface area contributed by atoms with Crippen LogP contribution in [0.4, 0.5) is 0 Å². The first-order chi connectivity index (χ1) is 14.6. The molecule has 0 atom stereocenters. The Labute approximate surface area is 182 Å². The summed E-state index contributed by atoms with van der Waals surface area (Å²) in [7, 11) is -1.98. The van der Waals surface area contributed by atoms with Crippen molar-refractivity contribution in [3.63, 3.8) is 0 Å². The molecule has 3 aromatic carbocycles. The minimum absolute atomic E-state index is 0.342. The number of allylic oxidation sites excluding steroid dienone is 1. The molecule has 0 unspecified atom stereocenters. The SMILES string of the molecule is C[SiH](C)O[SiH2]CC(=C(C(=O)O)C(c1ccccc1)c1ccccc1)c1ccccc1. The first kappa shape index (κ1) is 22.0. The van der Waals surface area contributed by atoms with Crippen molar-refractivity contribution in [2.75, 3.05) is 0 Å². The third-order valence-electron chi connectivity index (χ3n) is 5.04. The van der Waals surface area contributed by atoms with Crippen LogP contribution in [0.15, 0.2) is 96.6 Å². The van der Waals surface area contributed by atoms with Crippen LogP contribution in [-0.4, -0.2) is 29.9 Å². The van der Waals surface area contributed by atoms with Gasteiger partial charge < -0.3 is 9.22 Å². The van der Waals surface area contributed by atoms with Crippen LogP contribution in [-0.2, 0) is 8.91 Å². The van der Waals surface area contributed by atoms with E-state index in [9.17, 15) is 9.90 Å². The predicted octanol–water partition coefficient (Wildman–Crippen LogP) is 4.86. The highest BCUT2D eigenvalue weighted by Crippen LogP contribution is 2.38. The predicted molar refractivity (Wildman–Crippen MR) is 129 cm³/mol. The summed E-state index contributed by atoms with van der Waals surface area (Å²) in [4.78, 5) is 12.7. The first-order valence-electron chi connectivity index (χ1n) is 10.3. The maximum Gasteiger partial charge on any atom is 0.332 e. The van der Waals surface area contributed by atoms with Gasteiger partial charge in [-0.15, -0.1) is 0 Å². The van der Waals surface area contributed by atoms with Crippen molar-refractivity contribution in [3.8, 4) is 0 Å². The first-order valence-corrected chi connectivity index (χ1v) is 14.7. The van der Waals surface area contributed by atoms with E-state index in [2.05, 4.69) is 13.1 Å². The van der Waals surface area contributed by atoms with Gasteiger partial charge in [0.15, 0.2) is 18.8 Å². The zero-order valence-corrected chi connectivity index (χ0v) is 20.1. The van der Waals surface area contributed by atoms with Crippen LogP contribution < -0.4 is 0 Å². The van der Waals surface area contributed by atoms with Crippen LogP contribution in [0.3, 0.4) is 0 Å². The third-order valence-corrected chi connectivity index (χ3v) is 9.35. The molecule has 0 saturated carbocycles. The number of benzene rings is 3. The molecular weight excluding hydrogens is 404 g/mol. The molecule has 3 rings (SSSR count). The van der Waals surface area contributed by atoms with Crippen molar-refractivity contribution in [1.29, 1.82) is 0 Å². The minimum atomic E-state index is -1.13. The highest BCUT2D eigenvalue weighted by molar-refractivity contribution is 6.56. The highest BCUT2D eigenvalue weighted by Gasteiger charge is 2.28. The molecule has 154 valence electrons. The number of aliphatic carboxylic acids is 1. The van der Waals surface area contributed by atoms with Gasteiger partial charge in [-0.25, -0.2) is 4.79 Å². The average molecular weight is 433 g/mol. The normalized spacial score (nSPS) is 12.5. The summed E-state index contributed by atoms with van der Waals surface area (Å²) in [6.07, 6.45) is 0. The fourth-order valence-electron chi connectivity index (χ4n) is 3.71. The summed E-state index contributed by atoms with van der Waals surface area (Å²) in [6.45, 7) is 4.32. The fourth-order valence-corrected chi connectivity index (χ4v) is 6.83. The fraction of sp³-hybridized carbons (Fsp3) is 0.160. The number of hydrogen-bond donors (Lipinski definition) is 1. The van der Waals surface area contributed by atoms with E-state index in [1.165, 1.54) is 0 Å². The topological polar surface area (TPSA) is 46.5 Å². The van der Waals surface area contributed by atoms with E-state index >= 15 is 0 Å². The molecule has 0 radical (unpaired) electrons. The molecule has 0 amide bonds. The lowest BCUT2D eigenvalue weighted by atomic mass is 9.81. The van der Waals surface area contributed by atoms with Crippen LogP contribution in [0.5, 0.6) is 0 Å². The van der Waals surface area contributed by atoms with Crippen LogP contribution in [0, 0.1) is 0 Å². The molecule has 0 fully saturated rings. The van der Waals surface area contributed by atoms with E-state index in [0.717, 1.165) is 22.3 Å². The van der Waals surface area contributed by atoms with E-state index < -0.39 is 24.8 Å². The van der Waals surface area contributed by atoms with Crippen molar-refractivity contribution in [2.45, 2.75) is 25.1 Å². The molecule has 0 aliphatic carbocycles. The number of hydrogen-bond acceptors (Lipinski definition) is 2. The van der Waals surface area contributed by atoms with Crippen molar-refractivity contribution in [3.05, 3.63) is 113 Å². The molecule has 3 nitrogen and oxygen atoms in total. The zero-order valence-electron chi connectivity index (χ0n) is 17.5. The van der Waals surface area contributed by atoms with Crippen LogP contribution in [0.2, 0.25) is 19.1 Å². The van der Waals surface area contributed by atoms with Crippen molar-refractivity contribution >= 4 is 30.3 Å². The molecule has 5 heteroatoms. The number of carboxylic acid groups (broad SMARTS) is 1. The smallest absolute Gasteiger partial charge is 0.332 e. The Hall–Kier alpha value is -2.74. The molecule has 3 aromatic rings. The van der Waals surface area contributed by atoms with Crippen LogP contribution >= 0.6 is 0 Å². The Morgan fingerprint density at radius 3 is 1.77 bits per heavy atom. The van der Waals surface area contributed by atoms with E-state index in [0.29, 0.717) is 11.6 Å². The molecule has 1 N–H and O–H groups in total. The Kier molecular flexibility index (Phi) is 7.96. The summed E-state index contributed by atoms with van der Waals surface area (Å²) in [5.74, 6) is -1.22. The van der Waals surface area contributed by atoms with E-state index in [4.69, 9.17) is 4.12 Å². The van der Waals surface area contributed by atoms with Crippen molar-refractivity contribution in [2.24, 2.45) is 0 Å². The van der Waals surface area contributed by atoms with Crippen molar-refractivity contribution in [1.82, 2.24) is 0 Å². The second-order valence-electron chi connectivity index (χ2n) is 7.49. The molecule has 0 bridgehead atoms. The lowest BCUT2D eigenvalue weighted by molar-refractivity contribution is -0.132. The standard InChI is InChI=1S/C25H28O3Si2/c1-30(2)28-29-18-22(19-12-6-3-7-13-19)24(25(26)27)23(20-14-8-4-9-15-20)21-16-10-5-11-17-21/h3-17,23,30H,18,29H2,1-2H3,(H,26,27). The molecule has 0 aromatic heterocycles. The molecular formula is C25H28O3Si2. The Bertz CT molecular complexity index is 932. The summed E-state index contributed by atoms with van der Waals surface area (Å²) in [5, 5.41) is 10.4. The molecule has 0 aliphatic rings. The molecule has 0 saturated heterocycles. The lowest BCUT2D eigenvalue weighted by Gasteiger charge is -2.23. The highest BCUT2D eigenvalue weighted by atomic mass is 28.3. The zero-order chi connectivity index (χ0) is 21.3. The maximum atomic E-state index is 12.7. The molecule has 30 heavy (non-hydrogen) atoms. The average Bonchev–Trinajstić information content (AvgIpc) is 2.77. The second kappa shape index (κ2) is 10.9. The number of rotatable bonds is 9. The Morgan fingerprint density at radius 1 is 0.867 bits per heavy atom. The van der Waals surface area contributed by atoms with Crippen LogP contribution in [0.1, 0.15) is 22.6 Å². The van der Waals surface area contributed by atoms with Gasteiger partial charge in [0, 0.05) is 5.92 Å². The van der Waals surface area contributed by atoms with Gasteiger partial charge in [0.25, 0.3) is 0 Å². The Morgan fingerprint density at radius 2 is 1.33 bits per heavy atom. The largest absolute Gasteiger partial charge is 0.478 e. The minimum Gasteiger partial charge on any atom is -0.478 e. The lowest BCUT2D eigenvalue weighted by Crippen LogP contribution is -2.17. The second-order valence-corrected chi connectivity index (χ2v) is 11.8. The molecule has 0 spiro atoms. The summed E-state index contributed by atoms with van der Waals surface area (Å²) >= 11 is 0. The van der Waals surface area contributed by atoms with Crippen LogP contribution in [0.25, 0.3) is 5.57 Å². The summed E-state index contributed by atoms with van der Waals surface area (Å²) in [5.41, 5.74) is 4.27. The molecule has 0 heterocycles. The van der Waals surface area contributed by atoms with Gasteiger partial charge >= 0.3 is 5.97 Å². The van der Waals surface area contributed by atoms with Gasteiger partial charge in [0.1, 0.15) is 0 Å². The quantitative estimate of drug-likeness (QED) is 0.388. The van der Waals surface area contributed by atoms with Gasteiger partial charge in [-0.3, -0.25) is 0 Å². The van der Waals surface area contributed by atoms with Gasteiger partial charge in [-0.05, 0) is 41.4 Å². The maximum absolute atomic E-state index is 12.7. The van der Waals surface area contributed by atoms with Gasteiger partial charge in [0.2, 0.25) is 0 Å². The Balaban J connectivity index is 2.21. The molecule has 0 aliphatic heterocycles.